The smallest absolute Gasteiger partial charge is 0.309 e. The first kappa shape index (κ1) is 9.75. The van der Waals surface area contributed by atoms with E-state index in [0.29, 0.717) is 12.5 Å². The van der Waals surface area contributed by atoms with Crippen LogP contribution in [-0.2, 0) is 9.53 Å². The molecule has 0 saturated heterocycles. The maximum absolute atomic E-state index is 11.7. The lowest BCUT2D eigenvalue weighted by Crippen LogP contribution is -2.31. The topological polar surface area (TPSA) is 26.3 Å². The van der Waals surface area contributed by atoms with Crippen LogP contribution in [0.4, 0.5) is 0 Å². The second-order valence-corrected chi connectivity index (χ2v) is 4.29. The van der Waals surface area contributed by atoms with Crippen molar-refractivity contribution in [3.8, 4) is 0 Å². The van der Waals surface area contributed by atoms with E-state index in [2.05, 4.69) is 12.2 Å². The van der Waals surface area contributed by atoms with Crippen molar-refractivity contribution in [3.05, 3.63) is 12.2 Å². The van der Waals surface area contributed by atoms with Gasteiger partial charge in [-0.1, -0.05) is 18.6 Å². The summed E-state index contributed by atoms with van der Waals surface area (Å²) in [6, 6.07) is 0. The van der Waals surface area contributed by atoms with E-state index in [9.17, 15) is 4.79 Å². The highest BCUT2D eigenvalue weighted by molar-refractivity contribution is 5.73. The zero-order chi connectivity index (χ0) is 9.97. The number of hydrogen-bond acceptors (Lipinski definition) is 2. The van der Waals surface area contributed by atoms with Crippen molar-refractivity contribution in [1.82, 2.24) is 0 Å². The van der Waals surface area contributed by atoms with Crippen LogP contribution < -0.4 is 0 Å². The van der Waals surface area contributed by atoms with Crippen molar-refractivity contribution in [1.29, 1.82) is 0 Å². The van der Waals surface area contributed by atoms with Gasteiger partial charge in [0.1, 0.15) is 0 Å². The molecule has 0 radical (unpaired) electrons. The normalized spacial score (nSPS) is 35.4. The predicted octanol–water partition coefficient (Wildman–Crippen LogP) is 2.54. The third-order valence-corrected chi connectivity index (χ3v) is 3.49. The molecular weight excluding hydrogens is 176 g/mol. The summed E-state index contributed by atoms with van der Waals surface area (Å²) in [7, 11) is 0. The zero-order valence-electron chi connectivity index (χ0n) is 8.74. The lowest BCUT2D eigenvalue weighted by atomic mass is 9.74. The molecule has 1 saturated carbocycles. The van der Waals surface area contributed by atoms with Gasteiger partial charge in [0.05, 0.1) is 12.5 Å². The molecule has 0 aromatic carbocycles. The van der Waals surface area contributed by atoms with Crippen LogP contribution in [0.25, 0.3) is 0 Å². The fraction of sp³-hybridized carbons (Fsp3) is 0.750. The summed E-state index contributed by atoms with van der Waals surface area (Å²) in [5.74, 6) is 1.36. The number of carbonyl (C=O) groups excluding carboxylic acids is 1. The molecule has 2 rings (SSSR count). The van der Waals surface area contributed by atoms with Crippen LogP contribution in [0.1, 0.15) is 32.6 Å². The summed E-state index contributed by atoms with van der Waals surface area (Å²) in [5, 5.41) is 0. The zero-order valence-corrected chi connectivity index (χ0v) is 8.74. The Morgan fingerprint density at radius 1 is 1.50 bits per heavy atom. The first-order valence-electron chi connectivity index (χ1n) is 5.66. The van der Waals surface area contributed by atoms with Gasteiger partial charge in [0.15, 0.2) is 0 Å². The molecule has 2 aliphatic rings. The van der Waals surface area contributed by atoms with Crippen LogP contribution >= 0.6 is 0 Å². The summed E-state index contributed by atoms with van der Waals surface area (Å²) in [6.07, 6.45) is 9.11. The van der Waals surface area contributed by atoms with Gasteiger partial charge in [-0.2, -0.15) is 0 Å². The molecule has 0 aromatic heterocycles. The summed E-state index contributed by atoms with van der Waals surface area (Å²) in [6.45, 7) is 2.39. The van der Waals surface area contributed by atoms with Gasteiger partial charge < -0.3 is 4.74 Å². The minimum absolute atomic E-state index is 0.0220. The summed E-state index contributed by atoms with van der Waals surface area (Å²) in [5.41, 5.74) is 0. The molecule has 1 fully saturated rings. The summed E-state index contributed by atoms with van der Waals surface area (Å²) in [4.78, 5) is 11.7. The molecule has 0 spiro atoms. The molecule has 3 unspecified atom stereocenters. The van der Waals surface area contributed by atoms with E-state index in [0.717, 1.165) is 12.3 Å². The molecule has 0 N–H and O–H groups in total. The number of allylic oxidation sites excluding steroid dienone is 2. The third kappa shape index (κ3) is 1.70. The molecule has 2 nitrogen and oxygen atoms in total. The Bertz CT molecular complexity index is 245. The van der Waals surface area contributed by atoms with E-state index in [-0.39, 0.29) is 11.9 Å². The van der Waals surface area contributed by atoms with E-state index < -0.39 is 0 Å². The molecule has 14 heavy (non-hydrogen) atoms. The molecule has 0 heterocycles. The molecule has 3 atom stereocenters. The third-order valence-electron chi connectivity index (χ3n) is 3.49. The standard InChI is InChI=1S/C12H18O2/c1-2-14-12(13)11-8-4-6-9-5-3-7-10(9)11/h3,7,9-11H,2,4-6,8H2,1H3. The largest absolute Gasteiger partial charge is 0.466 e. The molecule has 78 valence electrons. The first-order chi connectivity index (χ1) is 6.83. The first-order valence-corrected chi connectivity index (χ1v) is 5.66. The van der Waals surface area contributed by atoms with Crippen molar-refractivity contribution in [2.24, 2.45) is 17.8 Å². The van der Waals surface area contributed by atoms with Crippen LogP contribution in [0.3, 0.4) is 0 Å². The Morgan fingerprint density at radius 2 is 2.36 bits per heavy atom. The van der Waals surface area contributed by atoms with Gasteiger partial charge in [0, 0.05) is 0 Å². The highest BCUT2D eigenvalue weighted by atomic mass is 16.5. The van der Waals surface area contributed by atoms with E-state index in [1.54, 1.807) is 0 Å². The second kappa shape index (κ2) is 4.16. The molecule has 2 heteroatoms. The number of hydrogen-bond donors (Lipinski definition) is 0. The van der Waals surface area contributed by atoms with Crippen molar-refractivity contribution in [2.45, 2.75) is 32.6 Å². The van der Waals surface area contributed by atoms with E-state index in [1.807, 2.05) is 6.92 Å². The van der Waals surface area contributed by atoms with E-state index >= 15 is 0 Å². The van der Waals surface area contributed by atoms with Gasteiger partial charge in [-0.3, -0.25) is 4.79 Å². The monoisotopic (exact) mass is 194 g/mol. The van der Waals surface area contributed by atoms with Gasteiger partial charge in [0.25, 0.3) is 0 Å². The van der Waals surface area contributed by atoms with Crippen LogP contribution in [0.15, 0.2) is 12.2 Å². The van der Waals surface area contributed by atoms with Crippen LogP contribution in [0.2, 0.25) is 0 Å². The van der Waals surface area contributed by atoms with Crippen LogP contribution in [0.5, 0.6) is 0 Å². The molecule has 0 aliphatic heterocycles. The minimum atomic E-state index is 0.0220. The Hall–Kier alpha value is -0.790. The fourth-order valence-electron chi connectivity index (χ4n) is 2.81. The molecule has 0 bridgehead atoms. The van der Waals surface area contributed by atoms with Gasteiger partial charge in [-0.25, -0.2) is 0 Å². The number of ether oxygens (including phenoxy) is 1. The fourth-order valence-corrected chi connectivity index (χ4v) is 2.81. The van der Waals surface area contributed by atoms with Gasteiger partial charge >= 0.3 is 5.97 Å². The van der Waals surface area contributed by atoms with E-state index in [1.165, 1.54) is 19.3 Å². The van der Waals surface area contributed by atoms with Gasteiger partial charge in [-0.05, 0) is 38.0 Å². The average Bonchev–Trinajstić information content (AvgIpc) is 2.65. The van der Waals surface area contributed by atoms with Gasteiger partial charge in [0.2, 0.25) is 0 Å². The number of rotatable bonds is 2. The maximum atomic E-state index is 11.7. The Labute approximate surface area is 85.3 Å². The Balaban J connectivity index is 2.02. The molecular formula is C12H18O2. The number of fused-ring (bicyclic) bond motifs is 1. The average molecular weight is 194 g/mol. The van der Waals surface area contributed by atoms with E-state index in [4.69, 9.17) is 4.74 Å². The summed E-state index contributed by atoms with van der Waals surface area (Å²) < 4.78 is 5.12. The lowest BCUT2D eigenvalue weighted by molar-refractivity contribution is -0.151. The summed E-state index contributed by atoms with van der Waals surface area (Å²) >= 11 is 0. The van der Waals surface area contributed by atoms with Crippen molar-refractivity contribution >= 4 is 5.97 Å². The van der Waals surface area contributed by atoms with Crippen LogP contribution in [-0.4, -0.2) is 12.6 Å². The van der Waals surface area contributed by atoms with Crippen LogP contribution in [0, 0.1) is 17.8 Å². The highest BCUT2D eigenvalue weighted by Crippen LogP contribution is 2.41. The number of esters is 1. The Kier molecular flexibility index (Phi) is 2.90. The van der Waals surface area contributed by atoms with Crippen molar-refractivity contribution in [3.63, 3.8) is 0 Å². The Morgan fingerprint density at radius 3 is 3.14 bits per heavy atom. The molecule has 2 aliphatic carbocycles. The quantitative estimate of drug-likeness (QED) is 0.499. The molecule has 0 amide bonds. The highest BCUT2D eigenvalue weighted by Gasteiger charge is 2.38. The maximum Gasteiger partial charge on any atom is 0.309 e. The SMILES string of the molecule is CCOC(=O)C1CCCC2CC=CC21. The lowest BCUT2D eigenvalue weighted by Gasteiger charge is -2.31. The predicted molar refractivity (Wildman–Crippen MR) is 54.7 cm³/mol. The molecule has 0 aromatic rings. The van der Waals surface area contributed by atoms with Crippen molar-refractivity contribution in [2.75, 3.05) is 6.61 Å². The number of carbonyl (C=O) groups is 1. The van der Waals surface area contributed by atoms with Crippen molar-refractivity contribution < 1.29 is 9.53 Å². The second-order valence-electron chi connectivity index (χ2n) is 4.29. The minimum Gasteiger partial charge on any atom is -0.466 e. The van der Waals surface area contributed by atoms with Gasteiger partial charge in [-0.15, -0.1) is 0 Å².